The van der Waals surface area contributed by atoms with Gasteiger partial charge in [-0.25, -0.2) is 4.79 Å². The van der Waals surface area contributed by atoms with Gasteiger partial charge < -0.3 is 141 Å². The molecule has 77 heavy (non-hydrogen) atoms. The molecular formula is C47H67NO29. The fraction of sp³-hybridized carbons (Fsp3) is 0.979. The predicted molar refractivity (Wildman–Crippen MR) is 234 cm³/mol. The molecule has 0 saturated carbocycles. The SMILES string of the molecule is CC(C)(C)OC(=O)NC[C@H]1O[C@@H]2O[C@H]3[C@@H]4OC[C@H]3O[C@H](O[C@H]3[C@@H]5OC[C@H]3O[C@H](O[C@H]3[C@@H]6OC[C@H]3O[C@H](O[C@H]3[C@@H]7OC[C@H]3O[C@H](O[C@H]3[C@@H]8OC[C@H]3O[C@H](O[C@H]3[C@@H]9OC[C@H]3O[C@H](O[C@H]1C[C@@H]2O)[C@@H]9O)[C@@H]8O)[C@@H]7O)[C@@H]6O)[C@@H]5O)[C@@H]4O. The average molecular weight is 1110 g/mol. The molecule has 0 spiro atoms. The summed E-state index contributed by atoms with van der Waals surface area (Å²) < 4.78 is 129. The highest BCUT2D eigenvalue weighted by Crippen LogP contribution is 2.45. The van der Waals surface area contributed by atoms with E-state index >= 15 is 0 Å². The van der Waals surface area contributed by atoms with E-state index in [0.717, 1.165) is 0 Å². The van der Waals surface area contributed by atoms with Crippen molar-refractivity contribution in [2.45, 2.75) is 242 Å². The minimum Gasteiger partial charge on any atom is -0.444 e. The number of carbonyl (C=O) groups excluding carboxylic acids is 1. The van der Waals surface area contributed by atoms with Crippen molar-refractivity contribution in [3.05, 3.63) is 0 Å². The number of aliphatic hydroxyl groups excluding tert-OH is 7. The Morgan fingerprint density at radius 2 is 0.636 bits per heavy atom. The van der Waals surface area contributed by atoms with Gasteiger partial charge in [0.15, 0.2) is 44.0 Å². The molecule has 27 heterocycles. The number of amides is 1. The number of hydrogen-bond acceptors (Lipinski definition) is 29. The van der Waals surface area contributed by atoms with Gasteiger partial charge in [0.1, 0.15) is 164 Å². The van der Waals surface area contributed by atoms with Crippen LogP contribution in [0.25, 0.3) is 0 Å². The van der Waals surface area contributed by atoms with Crippen LogP contribution in [0.5, 0.6) is 0 Å². The maximum Gasteiger partial charge on any atom is 0.407 e. The zero-order chi connectivity index (χ0) is 52.9. The van der Waals surface area contributed by atoms with E-state index in [1.54, 1.807) is 20.8 Å². The van der Waals surface area contributed by atoms with Crippen molar-refractivity contribution >= 4 is 6.09 Å². The van der Waals surface area contributed by atoms with Crippen LogP contribution in [0.2, 0.25) is 0 Å². The maximum absolute atomic E-state index is 12.9. The second-order valence-electron chi connectivity index (χ2n) is 23.0. The number of carbonyl (C=O) groups is 1. The summed E-state index contributed by atoms with van der Waals surface area (Å²) in [5.74, 6) is 0. The first-order chi connectivity index (χ1) is 37.0. The molecule has 30 heteroatoms. The Labute approximate surface area is 438 Å². The molecule has 0 radical (unpaired) electrons. The van der Waals surface area contributed by atoms with Crippen LogP contribution in [0.15, 0.2) is 0 Å². The zero-order valence-corrected chi connectivity index (χ0v) is 41.9. The molecule has 0 unspecified atom stereocenters. The van der Waals surface area contributed by atoms with Crippen LogP contribution in [-0.2, 0) is 99.5 Å². The van der Waals surface area contributed by atoms with Gasteiger partial charge in [-0.1, -0.05) is 0 Å². The molecule has 1 amide bonds. The number of ether oxygens (including phenoxy) is 21. The van der Waals surface area contributed by atoms with Gasteiger partial charge in [0.05, 0.1) is 45.7 Å². The van der Waals surface area contributed by atoms with Crippen LogP contribution in [0.4, 0.5) is 4.79 Å². The van der Waals surface area contributed by atoms with Crippen LogP contribution < -0.4 is 5.32 Å². The van der Waals surface area contributed by atoms with E-state index in [1.165, 1.54) is 0 Å². The van der Waals surface area contributed by atoms with Gasteiger partial charge in [-0.3, -0.25) is 0 Å². The molecule has 30 nitrogen and oxygen atoms in total. The molecule has 0 aromatic carbocycles. The van der Waals surface area contributed by atoms with E-state index in [1.807, 2.05) is 0 Å². The summed E-state index contributed by atoms with van der Waals surface area (Å²) in [5.41, 5.74) is -0.839. The third-order valence-corrected chi connectivity index (χ3v) is 16.8. The highest BCUT2D eigenvalue weighted by Gasteiger charge is 2.64. The van der Waals surface area contributed by atoms with Gasteiger partial charge in [-0.2, -0.15) is 0 Å². The van der Waals surface area contributed by atoms with Crippen LogP contribution in [0.3, 0.4) is 0 Å². The summed E-state index contributed by atoms with van der Waals surface area (Å²) in [5, 5.41) is 84.3. The maximum atomic E-state index is 12.9. The van der Waals surface area contributed by atoms with E-state index in [9.17, 15) is 40.5 Å². The van der Waals surface area contributed by atoms with E-state index in [4.69, 9.17) is 99.5 Å². The Kier molecular flexibility index (Phi) is 14.2. The molecule has 8 N–H and O–H groups in total. The third kappa shape index (κ3) is 9.46. The van der Waals surface area contributed by atoms with E-state index in [2.05, 4.69) is 5.32 Å². The third-order valence-electron chi connectivity index (χ3n) is 16.8. The summed E-state index contributed by atoms with van der Waals surface area (Å²) >= 11 is 0. The molecular weight excluding hydrogens is 1040 g/mol. The van der Waals surface area contributed by atoms with Crippen molar-refractivity contribution in [3.63, 3.8) is 0 Å². The molecule has 27 aliphatic heterocycles. The van der Waals surface area contributed by atoms with Gasteiger partial charge in [-0.15, -0.1) is 0 Å². The van der Waals surface area contributed by atoms with E-state index < -0.39 is 221 Å². The first-order valence-corrected chi connectivity index (χ1v) is 26.6. The van der Waals surface area contributed by atoms with Crippen molar-refractivity contribution in [3.8, 4) is 0 Å². The number of aliphatic hydroxyl groups is 7. The van der Waals surface area contributed by atoms with Crippen LogP contribution in [0, 0.1) is 0 Å². The van der Waals surface area contributed by atoms with E-state index in [-0.39, 0.29) is 52.6 Å². The average Bonchev–Trinajstić information content (AvgIpc) is 4.26. The minimum absolute atomic E-state index is 0.00328. The lowest BCUT2D eigenvalue weighted by Gasteiger charge is -2.46. The summed E-state index contributed by atoms with van der Waals surface area (Å²) in [6.45, 7) is 4.81. The van der Waals surface area contributed by atoms with Gasteiger partial charge in [-0.05, 0) is 20.8 Å². The van der Waals surface area contributed by atoms with Gasteiger partial charge in [0, 0.05) is 13.0 Å². The molecule has 0 aromatic heterocycles. The Hall–Kier alpha value is -1.81. The normalized spacial score (nSPS) is 57.7. The molecule has 27 fully saturated rings. The summed E-state index contributed by atoms with van der Waals surface area (Å²) in [6, 6.07) is 0. The second-order valence-corrected chi connectivity index (χ2v) is 23.0. The standard InChI is InChI=1S/C47H67NO29/c1-47(2,3)77-46(56)48-5-14-13-4-12(49)39(64-14)71-27-15-6-58-34(27)22(51)41(66-15)73-29-17-8-60-36(29)24(53)43(68-17)75-31-19-10-62-38(31)26(55)45(70-19)76-32-20-11-61-37(32)25(54)44(69-20)74-30-18-9-59-35(30)23(52)42(67-18)72-28-16-7-57-33(28)21(50)40(63-13)65-16/h12-45,49-55H,4-11H2,1-3H3,(H,48,56)/t12-,13-,14+,15+,16+,17+,18+,19+,20+,21+,22+,23+,24+,25+,26+,27+,28+,29+,30+,31+,32+,33+,34+,35+,36+,37+,38+,39+,40-,41+,42+,43+,44+,45+/m0/s1. The Balaban J connectivity index is 0.714. The monoisotopic (exact) mass is 1110 g/mol. The summed E-state index contributed by atoms with van der Waals surface area (Å²) in [6.07, 6.45) is -39.1. The quantitative estimate of drug-likeness (QED) is 0.127. The van der Waals surface area contributed by atoms with Gasteiger partial charge >= 0.3 is 6.09 Å². The first-order valence-electron chi connectivity index (χ1n) is 26.6. The molecule has 34 atom stereocenters. The van der Waals surface area contributed by atoms with Crippen molar-refractivity contribution < 1.29 is 140 Å². The highest BCUT2D eigenvalue weighted by atomic mass is 16.8. The fourth-order valence-corrected chi connectivity index (χ4v) is 13.1. The van der Waals surface area contributed by atoms with Crippen molar-refractivity contribution in [2.75, 3.05) is 46.2 Å². The molecule has 434 valence electrons. The summed E-state index contributed by atoms with van der Waals surface area (Å²) in [4.78, 5) is 12.9. The molecule has 27 aliphatic rings. The minimum atomic E-state index is -1.49. The molecule has 0 aromatic rings. The highest BCUT2D eigenvalue weighted by molar-refractivity contribution is 5.67. The zero-order valence-electron chi connectivity index (χ0n) is 41.9. The molecule has 0 aliphatic carbocycles. The lowest BCUT2D eigenvalue weighted by atomic mass is 9.98. The number of nitrogens with one attached hydrogen (secondary N) is 1. The van der Waals surface area contributed by atoms with Crippen molar-refractivity contribution in [2.24, 2.45) is 0 Å². The largest absolute Gasteiger partial charge is 0.444 e. The van der Waals surface area contributed by atoms with Gasteiger partial charge in [0.25, 0.3) is 0 Å². The number of hydrogen-bond donors (Lipinski definition) is 8. The molecule has 27 saturated heterocycles. The van der Waals surface area contributed by atoms with Crippen LogP contribution in [-0.4, -0.2) is 302 Å². The summed E-state index contributed by atoms with van der Waals surface area (Å²) in [7, 11) is 0. The second kappa shape index (κ2) is 20.5. The van der Waals surface area contributed by atoms with Crippen molar-refractivity contribution in [1.82, 2.24) is 5.32 Å². The molecule has 27 rings (SSSR count). The lowest BCUT2D eigenvalue weighted by molar-refractivity contribution is -0.359. The lowest BCUT2D eigenvalue weighted by Crippen LogP contribution is -2.64. The smallest absolute Gasteiger partial charge is 0.407 e. The first kappa shape index (κ1) is 53.2. The fourth-order valence-electron chi connectivity index (χ4n) is 13.1. The van der Waals surface area contributed by atoms with Crippen LogP contribution in [0.1, 0.15) is 27.2 Å². The van der Waals surface area contributed by atoms with E-state index in [0.29, 0.717) is 0 Å². The molecule has 26 bridgehead atoms. The Morgan fingerprint density at radius 1 is 0.377 bits per heavy atom. The van der Waals surface area contributed by atoms with Gasteiger partial charge in [0.2, 0.25) is 0 Å². The topological polar surface area (TPSA) is 365 Å². The number of rotatable bonds is 2. The Bertz CT molecular complexity index is 2120. The number of alkyl carbamates (subject to hydrolysis) is 1. The predicted octanol–water partition coefficient (Wildman–Crippen LogP) is -6.40. The Morgan fingerprint density at radius 3 is 0.922 bits per heavy atom. The van der Waals surface area contributed by atoms with Crippen LogP contribution >= 0.6 is 0 Å². The van der Waals surface area contributed by atoms with Crippen molar-refractivity contribution in [1.29, 1.82) is 0 Å².